The van der Waals surface area contributed by atoms with Crippen LogP contribution in [0, 0.1) is 6.92 Å². The lowest BCUT2D eigenvalue weighted by atomic mass is 10.3. The lowest BCUT2D eigenvalue weighted by molar-refractivity contribution is 0.0299. The van der Waals surface area contributed by atoms with E-state index < -0.39 is 0 Å². The third kappa shape index (κ3) is 4.05. The van der Waals surface area contributed by atoms with Gasteiger partial charge in [0.05, 0.1) is 13.2 Å². The molecule has 1 aromatic heterocycles. The standard InChI is InChI=1S/C16H17BrN4O2/c1-11-18-14(16(22)21-5-7-23-8-6-21)10-15(19-11)20-13-4-2-3-12(17)9-13/h2-4,9-10H,5-8H2,1H3,(H,18,19,20). The molecule has 2 aromatic rings. The maximum Gasteiger partial charge on any atom is 0.272 e. The molecule has 1 aliphatic rings. The van der Waals surface area contributed by atoms with Gasteiger partial charge in [0.25, 0.3) is 5.91 Å². The zero-order valence-corrected chi connectivity index (χ0v) is 14.3. The van der Waals surface area contributed by atoms with Gasteiger partial charge >= 0.3 is 0 Å². The van der Waals surface area contributed by atoms with Crippen molar-refractivity contribution in [2.45, 2.75) is 6.92 Å². The van der Waals surface area contributed by atoms with Crippen molar-refractivity contribution in [3.8, 4) is 0 Å². The Bertz CT molecular complexity index is 717. The first kappa shape index (κ1) is 15.9. The number of ether oxygens (including phenoxy) is 1. The number of nitrogens with one attached hydrogen (secondary N) is 1. The fraction of sp³-hybridized carbons (Fsp3) is 0.312. The minimum atomic E-state index is -0.0870. The van der Waals surface area contributed by atoms with Crippen LogP contribution in [-0.4, -0.2) is 47.1 Å². The Labute approximate surface area is 143 Å². The summed E-state index contributed by atoms with van der Waals surface area (Å²) in [5, 5.41) is 3.21. The van der Waals surface area contributed by atoms with E-state index in [4.69, 9.17) is 4.74 Å². The maximum absolute atomic E-state index is 12.6. The van der Waals surface area contributed by atoms with Crippen molar-refractivity contribution in [3.05, 3.63) is 46.3 Å². The average Bonchev–Trinajstić information content (AvgIpc) is 2.54. The molecule has 0 aliphatic carbocycles. The molecule has 3 rings (SSSR count). The molecule has 23 heavy (non-hydrogen) atoms. The molecule has 0 bridgehead atoms. The Morgan fingerprint density at radius 2 is 2.04 bits per heavy atom. The summed E-state index contributed by atoms with van der Waals surface area (Å²) in [4.78, 5) is 22.9. The second-order valence-electron chi connectivity index (χ2n) is 5.23. The van der Waals surface area contributed by atoms with E-state index in [-0.39, 0.29) is 5.91 Å². The quantitative estimate of drug-likeness (QED) is 0.891. The zero-order valence-electron chi connectivity index (χ0n) is 12.8. The summed E-state index contributed by atoms with van der Waals surface area (Å²) >= 11 is 3.43. The van der Waals surface area contributed by atoms with Crippen LogP contribution in [0.1, 0.15) is 16.3 Å². The number of morpholine rings is 1. The minimum absolute atomic E-state index is 0.0870. The Morgan fingerprint density at radius 1 is 1.26 bits per heavy atom. The van der Waals surface area contributed by atoms with Crippen LogP contribution in [0.4, 0.5) is 11.5 Å². The molecule has 0 saturated carbocycles. The molecule has 0 spiro atoms. The summed E-state index contributed by atoms with van der Waals surface area (Å²) in [6.07, 6.45) is 0. The van der Waals surface area contributed by atoms with Crippen LogP contribution in [0.2, 0.25) is 0 Å². The highest BCUT2D eigenvalue weighted by Crippen LogP contribution is 2.20. The lowest BCUT2D eigenvalue weighted by Gasteiger charge is -2.26. The first-order chi connectivity index (χ1) is 11.1. The molecule has 7 heteroatoms. The summed E-state index contributed by atoms with van der Waals surface area (Å²) in [5.74, 6) is 1.07. The number of carbonyl (C=O) groups is 1. The van der Waals surface area contributed by atoms with E-state index >= 15 is 0 Å². The van der Waals surface area contributed by atoms with Crippen LogP contribution in [-0.2, 0) is 4.74 Å². The summed E-state index contributed by atoms with van der Waals surface area (Å²) in [7, 11) is 0. The van der Waals surface area contributed by atoms with Crippen molar-refractivity contribution in [2.24, 2.45) is 0 Å². The van der Waals surface area contributed by atoms with Gasteiger partial charge in [-0.3, -0.25) is 4.79 Å². The highest BCUT2D eigenvalue weighted by atomic mass is 79.9. The number of benzene rings is 1. The number of amides is 1. The number of carbonyl (C=O) groups excluding carboxylic acids is 1. The van der Waals surface area contributed by atoms with E-state index in [9.17, 15) is 4.79 Å². The Kier molecular flexibility index (Phi) is 4.88. The monoisotopic (exact) mass is 376 g/mol. The Hall–Kier alpha value is -1.99. The van der Waals surface area contributed by atoms with Gasteiger partial charge in [-0.15, -0.1) is 0 Å². The second-order valence-corrected chi connectivity index (χ2v) is 6.14. The van der Waals surface area contributed by atoms with Gasteiger partial charge in [0.2, 0.25) is 0 Å². The van der Waals surface area contributed by atoms with Gasteiger partial charge < -0.3 is 15.0 Å². The number of hydrogen-bond acceptors (Lipinski definition) is 5. The Morgan fingerprint density at radius 3 is 2.78 bits per heavy atom. The largest absolute Gasteiger partial charge is 0.378 e. The third-order valence-corrected chi connectivity index (χ3v) is 3.95. The van der Waals surface area contributed by atoms with Crippen molar-refractivity contribution in [1.29, 1.82) is 0 Å². The highest BCUT2D eigenvalue weighted by Gasteiger charge is 2.20. The van der Waals surface area contributed by atoms with Gasteiger partial charge in [-0.1, -0.05) is 22.0 Å². The van der Waals surface area contributed by atoms with Crippen molar-refractivity contribution in [3.63, 3.8) is 0 Å². The number of aromatic nitrogens is 2. The first-order valence-electron chi connectivity index (χ1n) is 7.37. The molecule has 1 amide bonds. The molecule has 1 aromatic carbocycles. The molecule has 6 nitrogen and oxygen atoms in total. The van der Waals surface area contributed by atoms with Crippen LogP contribution in [0.15, 0.2) is 34.8 Å². The molecule has 120 valence electrons. The molecule has 0 unspecified atom stereocenters. The van der Waals surface area contributed by atoms with Gasteiger partial charge in [0, 0.05) is 29.3 Å². The number of aryl methyl sites for hydroxylation is 1. The predicted molar refractivity (Wildman–Crippen MR) is 90.9 cm³/mol. The highest BCUT2D eigenvalue weighted by molar-refractivity contribution is 9.10. The molecule has 1 N–H and O–H groups in total. The van der Waals surface area contributed by atoms with Crippen molar-refractivity contribution >= 4 is 33.3 Å². The van der Waals surface area contributed by atoms with E-state index in [1.54, 1.807) is 17.9 Å². The maximum atomic E-state index is 12.6. The SMILES string of the molecule is Cc1nc(Nc2cccc(Br)c2)cc(C(=O)N2CCOCC2)n1. The van der Waals surface area contributed by atoms with Gasteiger partial charge in [0.1, 0.15) is 17.3 Å². The number of rotatable bonds is 3. The van der Waals surface area contributed by atoms with Crippen molar-refractivity contribution < 1.29 is 9.53 Å². The van der Waals surface area contributed by atoms with E-state index in [0.29, 0.717) is 43.6 Å². The van der Waals surface area contributed by atoms with Gasteiger partial charge in [-0.2, -0.15) is 0 Å². The fourth-order valence-electron chi connectivity index (χ4n) is 2.38. The molecular weight excluding hydrogens is 360 g/mol. The van der Waals surface area contributed by atoms with E-state index in [1.807, 2.05) is 24.3 Å². The number of anilines is 2. The van der Waals surface area contributed by atoms with Crippen LogP contribution in [0.3, 0.4) is 0 Å². The van der Waals surface area contributed by atoms with Crippen LogP contribution < -0.4 is 5.32 Å². The normalized spacial score (nSPS) is 14.6. The molecule has 1 fully saturated rings. The third-order valence-electron chi connectivity index (χ3n) is 3.45. The molecule has 0 atom stereocenters. The summed E-state index contributed by atoms with van der Waals surface area (Å²) < 4.78 is 6.25. The first-order valence-corrected chi connectivity index (χ1v) is 8.16. The minimum Gasteiger partial charge on any atom is -0.378 e. The van der Waals surface area contributed by atoms with Crippen LogP contribution >= 0.6 is 15.9 Å². The van der Waals surface area contributed by atoms with E-state index in [1.165, 1.54) is 0 Å². The smallest absolute Gasteiger partial charge is 0.272 e. The van der Waals surface area contributed by atoms with E-state index in [2.05, 4.69) is 31.2 Å². The van der Waals surface area contributed by atoms with Crippen molar-refractivity contribution in [2.75, 3.05) is 31.6 Å². The van der Waals surface area contributed by atoms with Crippen LogP contribution in [0.25, 0.3) is 0 Å². The predicted octanol–water partition coefficient (Wildman–Crippen LogP) is 2.76. The molecule has 1 aliphatic heterocycles. The summed E-state index contributed by atoms with van der Waals surface area (Å²) in [5.41, 5.74) is 1.29. The van der Waals surface area contributed by atoms with Crippen molar-refractivity contribution in [1.82, 2.24) is 14.9 Å². The van der Waals surface area contributed by atoms with E-state index in [0.717, 1.165) is 10.2 Å². The van der Waals surface area contributed by atoms with Gasteiger partial charge in [0.15, 0.2) is 0 Å². The molecule has 2 heterocycles. The fourth-order valence-corrected chi connectivity index (χ4v) is 2.78. The number of nitrogens with zero attached hydrogens (tertiary/aromatic N) is 3. The summed E-state index contributed by atoms with van der Waals surface area (Å²) in [6.45, 7) is 4.10. The summed E-state index contributed by atoms with van der Waals surface area (Å²) in [6, 6.07) is 9.45. The van der Waals surface area contributed by atoms with Crippen LogP contribution in [0.5, 0.6) is 0 Å². The molecule has 0 radical (unpaired) electrons. The number of hydrogen-bond donors (Lipinski definition) is 1. The Balaban J connectivity index is 1.82. The zero-order chi connectivity index (χ0) is 16.2. The average molecular weight is 377 g/mol. The lowest BCUT2D eigenvalue weighted by Crippen LogP contribution is -2.41. The van der Waals surface area contributed by atoms with Gasteiger partial charge in [-0.25, -0.2) is 9.97 Å². The van der Waals surface area contributed by atoms with Gasteiger partial charge in [-0.05, 0) is 25.1 Å². The molecular formula is C16H17BrN4O2. The topological polar surface area (TPSA) is 67.4 Å². The molecule has 1 saturated heterocycles. The number of halogens is 1. The second kappa shape index (κ2) is 7.06.